The number of carbonyl (C=O) groups excluding carboxylic acids is 2. The van der Waals surface area contributed by atoms with Gasteiger partial charge in [-0.2, -0.15) is 0 Å². The van der Waals surface area contributed by atoms with Crippen LogP contribution < -0.4 is 10.2 Å². The third kappa shape index (κ3) is 6.37. The van der Waals surface area contributed by atoms with Crippen LogP contribution in [0.25, 0.3) is 0 Å². The van der Waals surface area contributed by atoms with Crippen LogP contribution in [-0.2, 0) is 9.47 Å². The predicted octanol–water partition coefficient (Wildman–Crippen LogP) is 4.92. The van der Waals surface area contributed by atoms with Gasteiger partial charge in [-0.05, 0) is 54.0 Å². The number of amides is 2. The monoisotopic (exact) mass is 422 g/mol. The number of nitrogens with zero attached hydrogens (tertiary/aromatic N) is 1. The quantitative estimate of drug-likeness (QED) is 0.552. The Hall–Kier alpha value is -2.77. The summed E-state index contributed by atoms with van der Waals surface area (Å²) in [5, 5.41) is 1.15. The molecule has 7 nitrogen and oxygen atoms in total. The zero-order valence-electron chi connectivity index (χ0n) is 18.6. The molecule has 166 valence electrons. The van der Waals surface area contributed by atoms with Crippen LogP contribution in [0.1, 0.15) is 59.4 Å². The molecule has 0 spiro atoms. The van der Waals surface area contributed by atoms with Crippen molar-refractivity contribution in [2.45, 2.75) is 71.1 Å². The van der Waals surface area contributed by atoms with E-state index in [-0.39, 0.29) is 5.92 Å². The van der Waals surface area contributed by atoms with E-state index in [2.05, 4.69) is 5.43 Å². The summed E-state index contributed by atoms with van der Waals surface area (Å²) in [5.74, 6) is -0.411. The summed E-state index contributed by atoms with van der Waals surface area (Å²) < 4.78 is 29.8. The van der Waals surface area contributed by atoms with E-state index in [0.717, 1.165) is 5.01 Å². The van der Waals surface area contributed by atoms with Crippen LogP contribution >= 0.6 is 0 Å². The molecule has 0 radical (unpaired) electrons. The van der Waals surface area contributed by atoms with Gasteiger partial charge in [0.1, 0.15) is 22.8 Å². The second-order valence-corrected chi connectivity index (χ2v) is 9.11. The first kappa shape index (κ1) is 23.5. The number of hydrazine groups is 1. The third-order valence-electron chi connectivity index (χ3n) is 4.22. The van der Waals surface area contributed by atoms with Crippen LogP contribution in [0.5, 0.6) is 5.75 Å². The lowest BCUT2D eigenvalue weighted by atomic mass is 9.93. The number of halogens is 1. The first-order valence-corrected chi connectivity index (χ1v) is 9.82. The van der Waals surface area contributed by atoms with Gasteiger partial charge in [0.05, 0.1) is 13.2 Å². The first-order chi connectivity index (χ1) is 13.8. The molecule has 0 aliphatic heterocycles. The van der Waals surface area contributed by atoms with Gasteiger partial charge in [-0.25, -0.2) is 24.4 Å². The summed E-state index contributed by atoms with van der Waals surface area (Å²) >= 11 is 0. The highest BCUT2D eigenvalue weighted by Gasteiger charge is 2.38. The van der Waals surface area contributed by atoms with Gasteiger partial charge in [0.15, 0.2) is 0 Å². The van der Waals surface area contributed by atoms with Gasteiger partial charge >= 0.3 is 12.2 Å². The smallest absolute Gasteiger partial charge is 0.429 e. The molecule has 1 N–H and O–H groups in total. The highest BCUT2D eigenvalue weighted by molar-refractivity contribution is 5.75. The number of nitrogens with one attached hydrogen (secondary N) is 1. The minimum absolute atomic E-state index is 0.344. The van der Waals surface area contributed by atoms with E-state index in [1.165, 1.54) is 19.2 Å². The summed E-state index contributed by atoms with van der Waals surface area (Å²) in [5.41, 5.74) is 1.72. The number of rotatable bonds is 3. The van der Waals surface area contributed by atoms with Crippen molar-refractivity contribution in [3.05, 3.63) is 41.7 Å². The molecular formula is C22H31FN2O5. The summed E-state index contributed by atoms with van der Waals surface area (Å²) in [6.45, 7) is 10.4. The van der Waals surface area contributed by atoms with E-state index < -0.39 is 35.2 Å². The van der Waals surface area contributed by atoms with Crippen LogP contribution in [0.15, 0.2) is 30.4 Å². The van der Waals surface area contributed by atoms with Crippen molar-refractivity contribution < 1.29 is 28.2 Å². The fraction of sp³-hybridized carbons (Fsp3) is 0.545. The van der Waals surface area contributed by atoms with Crippen LogP contribution in [0.4, 0.5) is 14.0 Å². The fourth-order valence-electron chi connectivity index (χ4n) is 3.15. The largest absolute Gasteiger partial charge is 0.496 e. The number of carbonyl (C=O) groups is 2. The zero-order valence-corrected chi connectivity index (χ0v) is 18.6. The Labute approximate surface area is 177 Å². The summed E-state index contributed by atoms with van der Waals surface area (Å²) in [4.78, 5) is 25.4. The molecule has 2 amide bonds. The molecule has 30 heavy (non-hydrogen) atoms. The molecule has 2 atom stereocenters. The van der Waals surface area contributed by atoms with E-state index in [9.17, 15) is 14.0 Å². The van der Waals surface area contributed by atoms with E-state index >= 15 is 0 Å². The first-order valence-electron chi connectivity index (χ1n) is 9.82. The average Bonchev–Trinajstić information content (AvgIpc) is 3.05. The molecule has 1 aliphatic carbocycles. The van der Waals surface area contributed by atoms with Gasteiger partial charge in [0.2, 0.25) is 0 Å². The van der Waals surface area contributed by atoms with Gasteiger partial charge in [-0.15, -0.1) is 0 Å². The molecule has 0 unspecified atom stereocenters. The third-order valence-corrected chi connectivity index (χ3v) is 4.22. The van der Waals surface area contributed by atoms with Crippen LogP contribution in [-0.4, -0.2) is 41.5 Å². The van der Waals surface area contributed by atoms with E-state index in [4.69, 9.17) is 14.2 Å². The topological polar surface area (TPSA) is 77.1 Å². The maximum atomic E-state index is 13.7. The molecule has 0 saturated heterocycles. The molecule has 1 aromatic carbocycles. The molecule has 1 aliphatic rings. The van der Waals surface area contributed by atoms with Crippen molar-refractivity contribution in [2.75, 3.05) is 7.11 Å². The van der Waals surface area contributed by atoms with Gasteiger partial charge in [-0.1, -0.05) is 18.2 Å². The molecule has 0 aromatic heterocycles. The molecule has 0 bridgehead atoms. The second kappa shape index (κ2) is 8.93. The van der Waals surface area contributed by atoms with Gasteiger partial charge in [0.25, 0.3) is 0 Å². The molecule has 0 fully saturated rings. The standard InChI is InChI=1S/C22H31FN2O5/c1-21(2,3)29-19(26)24-25(20(27)30-22(4,5)6)17-10-8-9-15(17)16-12-11-14(23)13-18(16)28-7/h8-9,11-13,15,17H,10H2,1-7H3,(H,24,26)/t15-,17+/m0/s1. The van der Waals surface area contributed by atoms with Crippen LogP contribution in [0.2, 0.25) is 0 Å². The summed E-state index contributed by atoms with van der Waals surface area (Å²) in [6, 6.07) is 3.73. The maximum Gasteiger partial charge on any atom is 0.429 e. The van der Waals surface area contributed by atoms with Crippen molar-refractivity contribution in [3.63, 3.8) is 0 Å². The molecule has 2 rings (SSSR count). The van der Waals surface area contributed by atoms with Crippen molar-refractivity contribution in [3.8, 4) is 5.75 Å². The molecular weight excluding hydrogens is 391 g/mol. The van der Waals surface area contributed by atoms with Gasteiger partial charge in [-0.3, -0.25) is 0 Å². The second-order valence-electron chi connectivity index (χ2n) is 9.11. The molecule has 0 heterocycles. The Morgan fingerprint density at radius 1 is 1.10 bits per heavy atom. The SMILES string of the molecule is COc1cc(F)ccc1[C@@H]1C=CC[C@H]1N(NC(=O)OC(C)(C)C)C(=O)OC(C)(C)C. The number of ether oxygens (including phenoxy) is 3. The number of hydrogen-bond acceptors (Lipinski definition) is 5. The Balaban J connectivity index is 2.36. The van der Waals surface area contributed by atoms with E-state index in [1.807, 2.05) is 12.2 Å². The predicted molar refractivity (Wildman–Crippen MR) is 111 cm³/mol. The van der Waals surface area contributed by atoms with Crippen LogP contribution in [0.3, 0.4) is 0 Å². The van der Waals surface area contributed by atoms with Crippen molar-refractivity contribution >= 4 is 12.2 Å². The molecule has 1 aromatic rings. The van der Waals surface area contributed by atoms with Crippen molar-refractivity contribution in [2.24, 2.45) is 0 Å². The lowest BCUT2D eigenvalue weighted by Gasteiger charge is -2.35. The lowest BCUT2D eigenvalue weighted by Crippen LogP contribution is -2.55. The van der Waals surface area contributed by atoms with E-state index in [1.54, 1.807) is 47.6 Å². The van der Waals surface area contributed by atoms with Crippen LogP contribution in [0, 0.1) is 5.82 Å². The van der Waals surface area contributed by atoms with Crippen molar-refractivity contribution in [1.82, 2.24) is 10.4 Å². The fourth-order valence-corrected chi connectivity index (χ4v) is 3.15. The minimum Gasteiger partial charge on any atom is -0.496 e. The van der Waals surface area contributed by atoms with Crippen molar-refractivity contribution in [1.29, 1.82) is 0 Å². The van der Waals surface area contributed by atoms with Gasteiger partial charge < -0.3 is 14.2 Å². The molecule has 0 saturated carbocycles. The molecule has 8 heteroatoms. The number of methoxy groups -OCH3 is 1. The summed E-state index contributed by atoms with van der Waals surface area (Å²) in [7, 11) is 1.45. The zero-order chi connectivity index (χ0) is 22.7. The summed E-state index contributed by atoms with van der Waals surface area (Å²) in [6.07, 6.45) is 2.76. The Morgan fingerprint density at radius 2 is 1.73 bits per heavy atom. The Morgan fingerprint density at radius 3 is 2.30 bits per heavy atom. The normalized spacial score (nSPS) is 18.7. The average molecular weight is 422 g/mol. The highest BCUT2D eigenvalue weighted by Crippen LogP contribution is 2.38. The Bertz CT molecular complexity index is 811. The minimum atomic E-state index is -0.773. The Kier molecular flexibility index (Phi) is 7.00. The highest BCUT2D eigenvalue weighted by atomic mass is 19.1. The maximum absolute atomic E-state index is 13.7. The van der Waals surface area contributed by atoms with E-state index in [0.29, 0.717) is 17.7 Å². The number of benzene rings is 1. The lowest BCUT2D eigenvalue weighted by molar-refractivity contribution is -0.0100. The van der Waals surface area contributed by atoms with Gasteiger partial charge in [0, 0.05) is 17.5 Å². The number of hydrogen-bond donors (Lipinski definition) is 1.